The highest BCUT2D eigenvalue weighted by atomic mass is 19.1. The Hall–Kier alpha value is -4.40. The lowest BCUT2D eigenvalue weighted by atomic mass is 10.0. The molecule has 0 aliphatic carbocycles. The molecular weight excluding hydrogens is 451 g/mol. The Labute approximate surface area is 201 Å². The molecule has 0 saturated carbocycles. The maximum Gasteiger partial charge on any atom is 0.311 e. The van der Waals surface area contributed by atoms with Gasteiger partial charge < -0.3 is 20.1 Å². The molecule has 3 aromatic carbocycles. The van der Waals surface area contributed by atoms with Crippen LogP contribution in [0.2, 0.25) is 0 Å². The maximum atomic E-state index is 13.3. The van der Waals surface area contributed by atoms with Gasteiger partial charge in [-0.3, -0.25) is 9.59 Å². The topological polar surface area (TPSA) is 99.7 Å². The third-order valence-corrected chi connectivity index (χ3v) is 5.88. The molecule has 9 heteroatoms. The molecule has 4 rings (SSSR count). The summed E-state index contributed by atoms with van der Waals surface area (Å²) in [5.41, 5.74) is 7.51. The summed E-state index contributed by atoms with van der Waals surface area (Å²) >= 11 is 0. The molecule has 2 atom stereocenters. The van der Waals surface area contributed by atoms with Gasteiger partial charge >= 0.3 is 11.8 Å². The van der Waals surface area contributed by atoms with Gasteiger partial charge in [0, 0.05) is 12.4 Å². The Kier molecular flexibility index (Phi) is 6.68. The van der Waals surface area contributed by atoms with E-state index < -0.39 is 24.0 Å². The summed E-state index contributed by atoms with van der Waals surface area (Å²) in [4.78, 5) is 25.0. The van der Waals surface area contributed by atoms with Crippen LogP contribution in [0.4, 0.5) is 4.39 Å². The monoisotopic (exact) mass is 476 g/mol. The van der Waals surface area contributed by atoms with Gasteiger partial charge in [-0.2, -0.15) is 5.10 Å². The van der Waals surface area contributed by atoms with Gasteiger partial charge in [0.05, 0.1) is 30.6 Å². The van der Waals surface area contributed by atoms with Gasteiger partial charge in [-0.1, -0.05) is 12.1 Å². The third-order valence-electron chi connectivity index (χ3n) is 5.88. The summed E-state index contributed by atoms with van der Waals surface area (Å²) in [5.74, 6) is -1.01. The number of hydrogen-bond donors (Lipinski definition) is 1. The first kappa shape index (κ1) is 23.7. The van der Waals surface area contributed by atoms with Gasteiger partial charge in [-0.05, 0) is 67.1 Å². The van der Waals surface area contributed by atoms with Gasteiger partial charge in [-0.15, -0.1) is 0 Å². The van der Waals surface area contributed by atoms with Crippen molar-refractivity contribution in [3.8, 4) is 17.2 Å². The van der Waals surface area contributed by atoms with E-state index in [4.69, 9.17) is 15.2 Å². The van der Waals surface area contributed by atoms with E-state index >= 15 is 0 Å². The molecule has 0 radical (unpaired) electrons. The van der Waals surface area contributed by atoms with E-state index in [1.165, 1.54) is 24.1 Å². The van der Waals surface area contributed by atoms with Crippen molar-refractivity contribution in [1.29, 1.82) is 0 Å². The predicted molar refractivity (Wildman–Crippen MR) is 129 cm³/mol. The zero-order valence-corrected chi connectivity index (χ0v) is 19.5. The minimum atomic E-state index is -1.04. The summed E-state index contributed by atoms with van der Waals surface area (Å²) in [6.07, 6.45) is 1.06. The Morgan fingerprint density at radius 2 is 1.80 bits per heavy atom. The SMILES string of the molecule is COc1cccc(C(Oc2ccc3c(cnn3-c3ccc(F)cc3)c2)C(C)N(C)C(=O)C(N)=O)c1. The number of fused-ring (bicyclic) bond motifs is 1. The number of rotatable bonds is 7. The number of benzene rings is 3. The van der Waals surface area contributed by atoms with Crippen LogP contribution < -0.4 is 15.2 Å². The van der Waals surface area contributed by atoms with Crippen LogP contribution in [-0.4, -0.2) is 46.7 Å². The molecule has 35 heavy (non-hydrogen) atoms. The van der Waals surface area contributed by atoms with Gasteiger partial charge in [-0.25, -0.2) is 9.07 Å². The van der Waals surface area contributed by atoms with Crippen LogP contribution in [0, 0.1) is 5.82 Å². The molecule has 180 valence electrons. The number of carbonyl (C=O) groups excluding carboxylic acids is 2. The van der Waals surface area contributed by atoms with E-state index in [1.807, 2.05) is 30.3 Å². The van der Waals surface area contributed by atoms with Gasteiger partial charge in [0.25, 0.3) is 0 Å². The van der Waals surface area contributed by atoms with Crippen LogP contribution >= 0.6 is 0 Å². The third kappa shape index (κ3) is 4.93. The van der Waals surface area contributed by atoms with E-state index in [1.54, 1.807) is 49.2 Å². The normalized spacial score (nSPS) is 12.7. The van der Waals surface area contributed by atoms with Crippen molar-refractivity contribution in [2.45, 2.75) is 19.1 Å². The number of nitrogens with zero attached hydrogens (tertiary/aromatic N) is 3. The van der Waals surface area contributed by atoms with Crippen molar-refractivity contribution in [3.05, 3.63) is 84.3 Å². The average molecular weight is 477 g/mol. The van der Waals surface area contributed by atoms with E-state index in [0.29, 0.717) is 11.5 Å². The first-order valence-corrected chi connectivity index (χ1v) is 10.9. The lowest BCUT2D eigenvalue weighted by Crippen LogP contribution is -2.46. The summed E-state index contributed by atoms with van der Waals surface area (Å²) in [7, 11) is 3.07. The highest BCUT2D eigenvalue weighted by Crippen LogP contribution is 2.31. The average Bonchev–Trinajstić information content (AvgIpc) is 3.29. The lowest BCUT2D eigenvalue weighted by molar-refractivity contribution is -0.145. The quantitative estimate of drug-likeness (QED) is 0.411. The number of aromatic nitrogens is 2. The van der Waals surface area contributed by atoms with Crippen LogP contribution in [0.25, 0.3) is 16.6 Å². The molecule has 0 aliphatic rings. The van der Waals surface area contributed by atoms with Crippen molar-refractivity contribution in [3.63, 3.8) is 0 Å². The van der Waals surface area contributed by atoms with Crippen molar-refractivity contribution in [2.75, 3.05) is 14.2 Å². The number of nitrogens with two attached hydrogens (primary N) is 1. The molecule has 1 aromatic heterocycles. The Balaban J connectivity index is 1.69. The zero-order valence-electron chi connectivity index (χ0n) is 19.5. The molecule has 0 fully saturated rings. The first-order valence-electron chi connectivity index (χ1n) is 10.9. The smallest absolute Gasteiger partial charge is 0.311 e. The minimum Gasteiger partial charge on any atom is -0.497 e. The Bertz CT molecular complexity index is 1370. The first-order chi connectivity index (χ1) is 16.8. The van der Waals surface area contributed by atoms with Crippen LogP contribution in [0.1, 0.15) is 18.6 Å². The molecule has 1 heterocycles. The molecule has 0 spiro atoms. The van der Waals surface area contributed by atoms with E-state index in [2.05, 4.69) is 5.10 Å². The number of ether oxygens (including phenoxy) is 2. The molecule has 0 bridgehead atoms. The highest BCUT2D eigenvalue weighted by Gasteiger charge is 2.30. The number of carbonyl (C=O) groups is 2. The zero-order chi connectivity index (χ0) is 25.1. The van der Waals surface area contributed by atoms with Gasteiger partial charge in [0.2, 0.25) is 0 Å². The minimum absolute atomic E-state index is 0.321. The second-order valence-corrected chi connectivity index (χ2v) is 8.09. The number of halogens is 1. The molecule has 2 N–H and O–H groups in total. The van der Waals surface area contributed by atoms with E-state index in [-0.39, 0.29) is 5.82 Å². The van der Waals surface area contributed by atoms with Crippen LogP contribution in [0.3, 0.4) is 0 Å². The van der Waals surface area contributed by atoms with E-state index in [0.717, 1.165) is 22.2 Å². The highest BCUT2D eigenvalue weighted by molar-refractivity contribution is 6.34. The van der Waals surface area contributed by atoms with Crippen molar-refractivity contribution in [1.82, 2.24) is 14.7 Å². The van der Waals surface area contributed by atoms with Crippen molar-refractivity contribution in [2.24, 2.45) is 5.73 Å². The molecule has 4 aromatic rings. The summed E-state index contributed by atoms with van der Waals surface area (Å²) in [6.45, 7) is 1.77. The summed E-state index contributed by atoms with van der Waals surface area (Å²) in [5, 5.41) is 5.23. The summed E-state index contributed by atoms with van der Waals surface area (Å²) < 4.78 is 26.7. The molecule has 0 saturated heterocycles. The molecule has 0 aliphatic heterocycles. The second kappa shape index (κ2) is 9.84. The van der Waals surface area contributed by atoms with Crippen molar-refractivity contribution >= 4 is 22.7 Å². The fourth-order valence-electron chi connectivity index (χ4n) is 3.84. The van der Waals surface area contributed by atoms with Crippen LogP contribution in [-0.2, 0) is 9.59 Å². The largest absolute Gasteiger partial charge is 0.497 e. The fraction of sp³-hybridized carbons (Fsp3) is 0.192. The van der Waals surface area contributed by atoms with Crippen molar-refractivity contribution < 1.29 is 23.5 Å². The molecule has 8 nitrogen and oxygen atoms in total. The number of hydrogen-bond acceptors (Lipinski definition) is 5. The van der Waals surface area contributed by atoms with Gasteiger partial charge in [0.15, 0.2) is 0 Å². The number of primary amides is 1. The molecular formula is C26H25FN4O4. The lowest BCUT2D eigenvalue weighted by Gasteiger charge is -2.32. The standard InChI is InChI=1S/C26H25FN4O4/c1-16(30(2)26(33)25(28)32)24(17-5-4-6-21(13-17)34-3)35-22-11-12-23-18(14-22)15-29-31(23)20-9-7-19(27)8-10-20/h4-16,24H,1-3H3,(H2,28,32). The fourth-order valence-corrected chi connectivity index (χ4v) is 3.84. The number of methoxy groups -OCH3 is 1. The summed E-state index contributed by atoms with van der Waals surface area (Å²) in [6, 6.07) is 18.3. The van der Waals surface area contributed by atoms with E-state index in [9.17, 15) is 14.0 Å². The van der Waals surface area contributed by atoms with Gasteiger partial charge in [0.1, 0.15) is 23.4 Å². The Morgan fingerprint density at radius 3 is 2.49 bits per heavy atom. The van der Waals surface area contributed by atoms with Crippen LogP contribution in [0.5, 0.6) is 11.5 Å². The molecule has 2 amide bonds. The predicted octanol–water partition coefficient (Wildman–Crippen LogP) is 3.63. The van der Waals surface area contributed by atoms with Crippen LogP contribution in [0.15, 0.2) is 72.9 Å². The second-order valence-electron chi connectivity index (χ2n) is 8.09. The number of likely N-dealkylation sites (N-methyl/N-ethyl adjacent to an activating group) is 1. The maximum absolute atomic E-state index is 13.3. The Morgan fingerprint density at radius 1 is 1.06 bits per heavy atom. The number of amides is 2. The molecule has 2 unspecified atom stereocenters.